The number of benzene rings is 2. The Morgan fingerprint density at radius 3 is 2.60 bits per heavy atom. The van der Waals surface area contributed by atoms with E-state index in [1.54, 1.807) is 24.4 Å². The number of aryl methyl sites for hydroxylation is 2. The van der Waals surface area contributed by atoms with Gasteiger partial charge in [-0.15, -0.1) is 5.10 Å². The van der Waals surface area contributed by atoms with Gasteiger partial charge in [0, 0.05) is 12.0 Å². The van der Waals surface area contributed by atoms with Crippen molar-refractivity contribution in [2.24, 2.45) is 0 Å². The van der Waals surface area contributed by atoms with E-state index in [0.29, 0.717) is 42.0 Å². The summed E-state index contributed by atoms with van der Waals surface area (Å²) >= 11 is 0. The number of hydrogen-bond acceptors (Lipinski definition) is 7. The van der Waals surface area contributed by atoms with Gasteiger partial charge in [0.1, 0.15) is 11.6 Å². The molecule has 1 saturated carbocycles. The molecule has 42 heavy (non-hydrogen) atoms. The highest BCUT2D eigenvalue weighted by atomic mass is 32.2. The van der Waals surface area contributed by atoms with Crippen LogP contribution >= 0.6 is 0 Å². The molecule has 2 aromatic heterocycles. The fraction of sp³-hybridized carbons (Fsp3) is 0.452. The summed E-state index contributed by atoms with van der Waals surface area (Å²) in [5, 5.41) is 15.2. The van der Waals surface area contributed by atoms with E-state index in [0.717, 1.165) is 43.5 Å². The molecule has 3 N–H and O–H groups in total. The van der Waals surface area contributed by atoms with Crippen molar-refractivity contribution in [1.82, 2.24) is 24.3 Å². The SMILES string of the molecule is CCOc1ccc(S(=O)(=O)NC(CCCc2ccccc2)C(C)O)cc1-c1nn2c(C3CCCC3)nc(C)c2c(=O)[nH]1. The molecule has 0 amide bonds. The third kappa shape index (κ3) is 6.43. The van der Waals surface area contributed by atoms with Crippen LogP contribution in [-0.4, -0.2) is 51.9 Å². The molecular weight excluding hydrogens is 554 g/mol. The summed E-state index contributed by atoms with van der Waals surface area (Å²) in [5.41, 5.74) is 2.15. The number of hydrogen-bond donors (Lipinski definition) is 3. The van der Waals surface area contributed by atoms with Crippen molar-refractivity contribution in [2.75, 3.05) is 6.61 Å². The molecule has 2 heterocycles. The second kappa shape index (κ2) is 12.8. The number of fused-ring (bicyclic) bond motifs is 1. The van der Waals surface area contributed by atoms with Gasteiger partial charge in [-0.3, -0.25) is 4.79 Å². The molecular formula is C31H39N5O5S. The normalized spacial score (nSPS) is 15.7. The minimum atomic E-state index is -4.04. The number of H-pyrrole nitrogens is 1. The molecule has 2 unspecified atom stereocenters. The van der Waals surface area contributed by atoms with Crippen LogP contribution in [0, 0.1) is 6.92 Å². The number of aromatic amines is 1. The summed E-state index contributed by atoms with van der Waals surface area (Å²) in [4.78, 5) is 20.7. The summed E-state index contributed by atoms with van der Waals surface area (Å²) < 4.78 is 37.3. The first kappa shape index (κ1) is 29.9. The van der Waals surface area contributed by atoms with E-state index in [1.807, 2.05) is 37.3 Å². The quantitative estimate of drug-likeness (QED) is 0.220. The van der Waals surface area contributed by atoms with E-state index in [9.17, 15) is 18.3 Å². The summed E-state index contributed by atoms with van der Waals surface area (Å²) in [5.74, 6) is 1.56. The fourth-order valence-electron chi connectivity index (χ4n) is 5.74. The van der Waals surface area contributed by atoms with Gasteiger partial charge in [0.2, 0.25) is 10.0 Å². The average Bonchev–Trinajstić information content (AvgIpc) is 3.61. The standard InChI is InChI=1S/C31H39N5O5S/c1-4-41-27-18-17-24(42(39,40)35-26(21(3)37)16-10-13-22-11-6-5-7-12-22)19-25(27)29-33-31(38)28-20(2)32-30(36(28)34-29)23-14-8-9-15-23/h5-7,11-12,17-19,21,23,26,35,37H,4,8-10,13-16H2,1-3H3,(H,33,34,38). The van der Waals surface area contributed by atoms with E-state index in [2.05, 4.69) is 9.71 Å². The maximum absolute atomic E-state index is 13.6. The highest BCUT2D eigenvalue weighted by Crippen LogP contribution is 2.35. The minimum absolute atomic E-state index is 0.0183. The Kier molecular flexibility index (Phi) is 9.10. The van der Waals surface area contributed by atoms with Gasteiger partial charge in [-0.25, -0.2) is 22.6 Å². The minimum Gasteiger partial charge on any atom is -0.493 e. The summed E-state index contributed by atoms with van der Waals surface area (Å²) in [6.07, 6.45) is 5.24. The summed E-state index contributed by atoms with van der Waals surface area (Å²) in [6, 6.07) is 13.8. The van der Waals surface area contributed by atoms with Gasteiger partial charge >= 0.3 is 0 Å². The predicted molar refractivity (Wildman–Crippen MR) is 161 cm³/mol. The molecule has 5 rings (SSSR count). The molecule has 4 aromatic rings. The van der Waals surface area contributed by atoms with Gasteiger partial charge in [-0.2, -0.15) is 0 Å². The molecule has 11 heteroatoms. The van der Waals surface area contributed by atoms with Crippen LogP contribution in [-0.2, 0) is 16.4 Å². The van der Waals surface area contributed by atoms with Gasteiger partial charge in [0.15, 0.2) is 11.3 Å². The van der Waals surface area contributed by atoms with Crippen molar-refractivity contribution in [3.05, 3.63) is 76.0 Å². The number of sulfonamides is 1. The largest absolute Gasteiger partial charge is 0.493 e. The molecule has 0 spiro atoms. The number of imidazole rings is 1. The first-order valence-corrected chi connectivity index (χ1v) is 16.2. The maximum atomic E-state index is 13.6. The molecule has 0 bridgehead atoms. The van der Waals surface area contributed by atoms with Crippen molar-refractivity contribution in [2.45, 2.75) is 88.7 Å². The number of rotatable bonds is 12. The third-order valence-electron chi connectivity index (χ3n) is 7.95. The number of aromatic nitrogens is 4. The Morgan fingerprint density at radius 1 is 1.17 bits per heavy atom. The van der Waals surface area contributed by atoms with Gasteiger partial charge in [-0.05, 0) is 76.6 Å². The van der Waals surface area contributed by atoms with E-state index < -0.39 is 22.2 Å². The molecule has 0 aliphatic heterocycles. The zero-order chi connectivity index (χ0) is 29.9. The monoisotopic (exact) mass is 593 g/mol. The van der Waals surface area contributed by atoms with Crippen LogP contribution in [0.3, 0.4) is 0 Å². The van der Waals surface area contributed by atoms with E-state index in [-0.39, 0.29) is 22.2 Å². The Balaban J connectivity index is 1.47. The summed E-state index contributed by atoms with van der Waals surface area (Å²) in [6.45, 7) is 5.55. The number of aliphatic hydroxyl groups excluding tert-OH is 1. The lowest BCUT2D eigenvalue weighted by molar-refractivity contribution is 0.150. The van der Waals surface area contributed by atoms with Crippen molar-refractivity contribution in [1.29, 1.82) is 0 Å². The third-order valence-corrected chi connectivity index (χ3v) is 9.44. The maximum Gasteiger partial charge on any atom is 0.277 e. The number of nitrogens with one attached hydrogen (secondary N) is 2. The van der Waals surface area contributed by atoms with Gasteiger partial charge in [0.05, 0.1) is 28.9 Å². The number of ether oxygens (including phenoxy) is 1. The Bertz CT molecular complexity index is 1690. The van der Waals surface area contributed by atoms with E-state index in [4.69, 9.17) is 14.8 Å². The molecule has 2 aromatic carbocycles. The second-order valence-corrected chi connectivity index (χ2v) is 12.8. The average molecular weight is 594 g/mol. The Labute approximate surface area is 246 Å². The summed E-state index contributed by atoms with van der Waals surface area (Å²) in [7, 11) is -4.04. The van der Waals surface area contributed by atoms with Crippen LogP contribution in [0.4, 0.5) is 0 Å². The van der Waals surface area contributed by atoms with Crippen molar-refractivity contribution in [3.63, 3.8) is 0 Å². The predicted octanol–water partition coefficient (Wildman–Crippen LogP) is 4.50. The van der Waals surface area contributed by atoms with Crippen LogP contribution in [0.1, 0.15) is 75.4 Å². The van der Waals surface area contributed by atoms with Crippen molar-refractivity contribution < 1.29 is 18.3 Å². The molecule has 1 fully saturated rings. The van der Waals surface area contributed by atoms with Gasteiger partial charge in [0.25, 0.3) is 5.56 Å². The first-order valence-electron chi connectivity index (χ1n) is 14.7. The Hall–Kier alpha value is -3.54. The molecule has 0 radical (unpaired) electrons. The van der Waals surface area contributed by atoms with Crippen LogP contribution in [0.5, 0.6) is 5.75 Å². The lowest BCUT2D eigenvalue weighted by Gasteiger charge is -2.22. The highest BCUT2D eigenvalue weighted by molar-refractivity contribution is 7.89. The highest BCUT2D eigenvalue weighted by Gasteiger charge is 2.27. The molecule has 1 aliphatic carbocycles. The van der Waals surface area contributed by atoms with Crippen molar-refractivity contribution in [3.8, 4) is 17.1 Å². The molecule has 0 saturated heterocycles. The second-order valence-electron chi connectivity index (χ2n) is 11.0. The fourth-order valence-corrected chi connectivity index (χ4v) is 7.11. The Morgan fingerprint density at radius 2 is 1.90 bits per heavy atom. The molecule has 1 aliphatic rings. The van der Waals surface area contributed by atoms with Crippen LogP contribution < -0.4 is 15.0 Å². The molecule has 2 atom stereocenters. The van der Waals surface area contributed by atoms with Gasteiger partial charge in [-0.1, -0.05) is 43.2 Å². The van der Waals surface area contributed by atoms with Crippen molar-refractivity contribution >= 4 is 15.5 Å². The van der Waals surface area contributed by atoms with Crippen LogP contribution in [0.2, 0.25) is 0 Å². The first-order chi connectivity index (χ1) is 20.2. The van der Waals surface area contributed by atoms with E-state index in [1.165, 1.54) is 12.1 Å². The number of nitrogens with zero attached hydrogens (tertiary/aromatic N) is 3. The smallest absolute Gasteiger partial charge is 0.277 e. The zero-order valence-corrected chi connectivity index (χ0v) is 25.2. The lowest BCUT2D eigenvalue weighted by atomic mass is 10.0. The topological polar surface area (TPSA) is 139 Å². The van der Waals surface area contributed by atoms with Crippen LogP contribution in [0.25, 0.3) is 16.9 Å². The number of aliphatic hydroxyl groups is 1. The zero-order valence-electron chi connectivity index (χ0n) is 24.3. The molecule has 10 nitrogen and oxygen atoms in total. The lowest BCUT2D eigenvalue weighted by Crippen LogP contribution is -2.42. The van der Waals surface area contributed by atoms with Gasteiger partial charge < -0.3 is 14.8 Å². The molecule has 224 valence electrons. The van der Waals surface area contributed by atoms with Crippen LogP contribution in [0.15, 0.2) is 58.2 Å². The van der Waals surface area contributed by atoms with E-state index >= 15 is 0 Å².